The van der Waals surface area contributed by atoms with Gasteiger partial charge in [0.2, 0.25) is 0 Å². The van der Waals surface area contributed by atoms with Gasteiger partial charge in [0, 0.05) is 6.54 Å². The largest absolute Gasteiger partial charge is 0.465 e. The second-order valence-corrected chi connectivity index (χ2v) is 6.54. The van der Waals surface area contributed by atoms with Crippen molar-refractivity contribution in [1.29, 1.82) is 5.26 Å². The molecule has 1 N–H and O–H groups in total. The van der Waals surface area contributed by atoms with Crippen molar-refractivity contribution in [3.8, 4) is 6.07 Å². The number of likely N-dealkylation sites (tertiary alicyclic amines) is 1. The van der Waals surface area contributed by atoms with Crippen LogP contribution in [0.2, 0.25) is 0 Å². The SMILES string of the molecule is N#Cc1ccc(N2C(=O)[C@H]3[C@H]4C[C@H](CN4C(=O)O)N3C2=O)cc1C(F)(F)F. The van der Waals surface area contributed by atoms with Gasteiger partial charge in [0.15, 0.2) is 0 Å². The highest BCUT2D eigenvalue weighted by atomic mass is 19.4. The quantitative estimate of drug-likeness (QED) is 0.749. The first-order valence-corrected chi connectivity index (χ1v) is 7.92. The van der Waals surface area contributed by atoms with E-state index in [-0.39, 0.29) is 12.2 Å². The molecule has 3 aliphatic heterocycles. The molecule has 4 rings (SSSR count). The van der Waals surface area contributed by atoms with Crippen LogP contribution in [-0.2, 0) is 11.0 Å². The molecule has 3 fully saturated rings. The molecule has 3 aliphatic rings. The average molecular weight is 380 g/mol. The van der Waals surface area contributed by atoms with Crippen LogP contribution < -0.4 is 4.90 Å². The van der Waals surface area contributed by atoms with Crippen LogP contribution in [0.25, 0.3) is 0 Å². The third kappa shape index (κ3) is 2.26. The number of hydrogen-bond donors (Lipinski definition) is 1. The number of carbonyl (C=O) groups is 3. The van der Waals surface area contributed by atoms with Crippen LogP contribution in [0.5, 0.6) is 0 Å². The lowest BCUT2D eigenvalue weighted by Gasteiger charge is -2.32. The summed E-state index contributed by atoms with van der Waals surface area (Å²) in [6.07, 6.45) is -5.72. The highest BCUT2D eigenvalue weighted by Crippen LogP contribution is 2.43. The van der Waals surface area contributed by atoms with Crippen LogP contribution in [0, 0.1) is 11.3 Å². The number of anilines is 1. The minimum Gasteiger partial charge on any atom is -0.465 e. The molecule has 1 aromatic carbocycles. The molecular weight excluding hydrogens is 369 g/mol. The summed E-state index contributed by atoms with van der Waals surface area (Å²) >= 11 is 0. The molecule has 2 bridgehead atoms. The molecule has 0 aromatic heterocycles. The van der Waals surface area contributed by atoms with Gasteiger partial charge in [0.25, 0.3) is 5.91 Å². The zero-order valence-corrected chi connectivity index (χ0v) is 13.5. The van der Waals surface area contributed by atoms with Gasteiger partial charge in [-0.05, 0) is 24.6 Å². The van der Waals surface area contributed by atoms with Crippen molar-refractivity contribution < 1.29 is 32.7 Å². The number of rotatable bonds is 1. The number of nitrogens with zero attached hydrogens (tertiary/aromatic N) is 4. The number of carboxylic acid groups (broad SMARTS) is 1. The molecule has 3 saturated heterocycles. The van der Waals surface area contributed by atoms with E-state index in [0.717, 1.165) is 17.0 Å². The van der Waals surface area contributed by atoms with Crippen molar-refractivity contribution in [2.75, 3.05) is 11.4 Å². The molecule has 0 spiro atoms. The Hall–Kier alpha value is -3.29. The number of carbonyl (C=O) groups excluding carboxylic acids is 2. The third-order valence-electron chi connectivity index (χ3n) is 5.20. The Morgan fingerprint density at radius 2 is 2.00 bits per heavy atom. The number of amides is 4. The summed E-state index contributed by atoms with van der Waals surface area (Å²) in [6.45, 7) is 0.0601. The van der Waals surface area contributed by atoms with Gasteiger partial charge in [-0.15, -0.1) is 0 Å². The van der Waals surface area contributed by atoms with Crippen molar-refractivity contribution in [3.05, 3.63) is 29.3 Å². The molecule has 140 valence electrons. The Morgan fingerprint density at radius 1 is 1.30 bits per heavy atom. The van der Waals surface area contributed by atoms with E-state index in [2.05, 4.69) is 0 Å². The number of benzene rings is 1. The Morgan fingerprint density at radius 3 is 2.59 bits per heavy atom. The lowest BCUT2D eigenvalue weighted by molar-refractivity contribution is -0.137. The van der Waals surface area contributed by atoms with E-state index in [1.165, 1.54) is 11.0 Å². The van der Waals surface area contributed by atoms with Gasteiger partial charge in [0.1, 0.15) is 6.04 Å². The lowest BCUT2D eigenvalue weighted by atomic mass is 10.1. The fraction of sp³-hybridized carbons (Fsp3) is 0.375. The van der Waals surface area contributed by atoms with E-state index in [4.69, 9.17) is 5.26 Å². The fourth-order valence-electron chi connectivity index (χ4n) is 4.12. The van der Waals surface area contributed by atoms with Crippen LogP contribution in [0.1, 0.15) is 17.5 Å². The maximum atomic E-state index is 13.2. The second-order valence-electron chi connectivity index (χ2n) is 6.54. The number of alkyl halides is 3. The number of nitriles is 1. The fourth-order valence-corrected chi connectivity index (χ4v) is 4.12. The smallest absolute Gasteiger partial charge is 0.417 e. The Balaban J connectivity index is 1.73. The van der Waals surface area contributed by atoms with Gasteiger partial charge in [-0.1, -0.05) is 0 Å². The number of imide groups is 1. The van der Waals surface area contributed by atoms with Crippen molar-refractivity contribution in [3.63, 3.8) is 0 Å². The van der Waals surface area contributed by atoms with E-state index in [1.54, 1.807) is 0 Å². The summed E-state index contributed by atoms with van der Waals surface area (Å²) in [7, 11) is 0. The first kappa shape index (κ1) is 17.1. The summed E-state index contributed by atoms with van der Waals surface area (Å²) in [5.41, 5.74) is -2.17. The van der Waals surface area contributed by atoms with Crippen molar-refractivity contribution in [2.24, 2.45) is 0 Å². The zero-order chi connectivity index (χ0) is 19.7. The molecule has 1 aromatic rings. The first-order chi connectivity index (χ1) is 12.6. The Labute approximate surface area is 150 Å². The monoisotopic (exact) mass is 380 g/mol. The van der Waals surface area contributed by atoms with Crippen LogP contribution in [0.4, 0.5) is 28.4 Å². The summed E-state index contributed by atoms with van der Waals surface area (Å²) in [5, 5.41) is 18.1. The van der Waals surface area contributed by atoms with E-state index in [9.17, 15) is 32.7 Å². The third-order valence-corrected chi connectivity index (χ3v) is 5.20. The van der Waals surface area contributed by atoms with Crippen LogP contribution in [0.15, 0.2) is 18.2 Å². The minimum absolute atomic E-state index is 0.0601. The highest BCUT2D eigenvalue weighted by Gasteiger charge is 2.63. The van der Waals surface area contributed by atoms with E-state index in [1.807, 2.05) is 0 Å². The summed E-state index contributed by atoms with van der Waals surface area (Å²) in [4.78, 5) is 39.7. The van der Waals surface area contributed by atoms with Gasteiger partial charge < -0.3 is 14.9 Å². The number of fused-ring (bicyclic) bond motifs is 5. The molecule has 4 amide bonds. The Bertz CT molecular complexity index is 925. The second kappa shape index (κ2) is 5.35. The molecule has 3 atom stereocenters. The summed E-state index contributed by atoms with van der Waals surface area (Å²) < 4.78 is 39.5. The topological polar surface area (TPSA) is 105 Å². The minimum atomic E-state index is -4.83. The van der Waals surface area contributed by atoms with Crippen molar-refractivity contribution in [1.82, 2.24) is 9.80 Å². The number of urea groups is 1. The summed E-state index contributed by atoms with van der Waals surface area (Å²) in [6, 6.07) is 1.00. The molecule has 0 radical (unpaired) electrons. The maximum Gasteiger partial charge on any atom is 0.417 e. The van der Waals surface area contributed by atoms with Crippen molar-refractivity contribution >= 4 is 23.7 Å². The molecule has 8 nitrogen and oxygen atoms in total. The summed E-state index contributed by atoms with van der Waals surface area (Å²) in [5.74, 6) is -0.767. The van der Waals surface area contributed by atoms with Crippen molar-refractivity contribution in [2.45, 2.75) is 30.7 Å². The molecule has 0 aliphatic carbocycles. The molecule has 0 unspecified atom stereocenters. The number of piperazine rings is 1. The van der Waals surface area contributed by atoms with Crippen LogP contribution in [0.3, 0.4) is 0 Å². The number of hydrogen-bond acceptors (Lipinski definition) is 4. The Kier molecular flexibility index (Phi) is 3.40. The van der Waals surface area contributed by atoms with Gasteiger partial charge >= 0.3 is 18.3 Å². The van der Waals surface area contributed by atoms with Gasteiger partial charge in [-0.2, -0.15) is 18.4 Å². The predicted octanol–water partition coefficient (Wildman–Crippen LogP) is 1.85. The van der Waals surface area contributed by atoms with Crippen LogP contribution in [-0.4, -0.2) is 57.6 Å². The molecular formula is C16H11F3N4O4. The van der Waals surface area contributed by atoms with E-state index in [0.29, 0.717) is 17.4 Å². The molecule has 0 saturated carbocycles. The van der Waals surface area contributed by atoms with E-state index < -0.39 is 53.5 Å². The first-order valence-electron chi connectivity index (χ1n) is 7.92. The molecule has 11 heteroatoms. The van der Waals surface area contributed by atoms with Gasteiger partial charge in [0.05, 0.1) is 35.0 Å². The van der Waals surface area contributed by atoms with E-state index >= 15 is 0 Å². The normalized spacial score (nSPS) is 26.6. The maximum absolute atomic E-state index is 13.2. The average Bonchev–Trinajstić information content (AvgIpc) is 3.25. The van der Waals surface area contributed by atoms with Gasteiger partial charge in [-0.25, -0.2) is 14.5 Å². The molecule has 3 heterocycles. The standard InChI is InChI=1S/C16H11F3N4O4/c17-16(18,19)10-3-8(2-1-7(10)5-20)23-13(24)12-11-4-9(22(12)14(23)25)6-21(11)15(26)27/h1-3,9,11-12H,4,6H2,(H,26,27)/t9-,11-,12-/m1/s1. The highest BCUT2D eigenvalue weighted by molar-refractivity contribution is 6.22. The molecule has 27 heavy (non-hydrogen) atoms. The number of halogens is 3. The lowest BCUT2D eigenvalue weighted by Crippen LogP contribution is -2.54. The zero-order valence-electron chi connectivity index (χ0n) is 13.5. The predicted molar refractivity (Wildman–Crippen MR) is 81.6 cm³/mol. The van der Waals surface area contributed by atoms with Crippen LogP contribution >= 0.6 is 0 Å². The van der Waals surface area contributed by atoms with Gasteiger partial charge in [-0.3, -0.25) is 4.79 Å².